The van der Waals surface area contributed by atoms with Crippen molar-refractivity contribution in [2.45, 2.75) is 37.1 Å². The Morgan fingerprint density at radius 2 is 2.04 bits per heavy atom. The maximum atomic E-state index is 12.6. The third kappa shape index (κ3) is 2.86. The van der Waals surface area contributed by atoms with Gasteiger partial charge in [-0.3, -0.25) is 4.79 Å². The van der Waals surface area contributed by atoms with E-state index in [1.807, 2.05) is 23.1 Å². The molecule has 0 saturated heterocycles. The molecule has 1 aliphatic heterocycles. The number of para-hydroxylation sites is 1. The molecule has 0 bridgehead atoms. The fourth-order valence-corrected chi connectivity index (χ4v) is 4.48. The summed E-state index contributed by atoms with van der Waals surface area (Å²) in [5.74, 6) is 0.397. The predicted molar refractivity (Wildman–Crippen MR) is 94.7 cm³/mol. The van der Waals surface area contributed by atoms with Crippen molar-refractivity contribution in [3.63, 3.8) is 0 Å². The van der Waals surface area contributed by atoms with Gasteiger partial charge in [-0.15, -0.1) is 0 Å². The molecule has 0 fully saturated rings. The SMILES string of the molecule is O=C(CSc1nc(=O)[nH]c2c1CCCC2)N1CCc2ccccc21. The van der Waals surface area contributed by atoms with E-state index < -0.39 is 0 Å². The van der Waals surface area contributed by atoms with E-state index in [1.54, 1.807) is 0 Å². The second-order valence-corrected chi connectivity index (χ2v) is 7.19. The normalized spacial score (nSPS) is 15.9. The molecule has 0 unspecified atom stereocenters. The zero-order valence-corrected chi connectivity index (χ0v) is 14.2. The minimum atomic E-state index is -0.308. The number of nitrogens with zero attached hydrogens (tertiary/aromatic N) is 2. The lowest BCUT2D eigenvalue weighted by molar-refractivity contribution is -0.116. The van der Waals surface area contributed by atoms with Crippen LogP contribution in [0.25, 0.3) is 0 Å². The molecule has 24 heavy (non-hydrogen) atoms. The first-order valence-electron chi connectivity index (χ1n) is 8.35. The van der Waals surface area contributed by atoms with Gasteiger partial charge in [-0.1, -0.05) is 30.0 Å². The summed E-state index contributed by atoms with van der Waals surface area (Å²) in [7, 11) is 0. The van der Waals surface area contributed by atoms with E-state index in [-0.39, 0.29) is 11.6 Å². The highest BCUT2D eigenvalue weighted by atomic mass is 32.2. The van der Waals surface area contributed by atoms with Crippen molar-refractivity contribution in [1.82, 2.24) is 9.97 Å². The standard InChI is InChI=1S/C18H19N3O2S/c22-16(21-10-9-12-5-1-4-8-15(12)21)11-24-17-13-6-2-3-7-14(13)19-18(23)20-17/h1,4-5,8H,2-3,6-7,9-11H2,(H,19,20,23). The smallest absolute Gasteiger partial charge is 0.311 e. The summed E-state index contributed by atoms with van der Waals surface area (Å²) in [6.45, 7) is 0.736. The number of carbonyl (C=O) groups is 1. The molecule has 0 saturated carbocycles. The van der Waals surface area contributed by atoms with Crippen molar-refractivity contribution in [1.29, 1.82) is 0 Å². The summed E-state index contributed by atoms with van der Waals surface area (Å²) in [5.41, 5.74) is 4.06. The first-order chi connectivity index (χ1) is 11.7. The lowest BCUT2D eigenvalue weighted by atomic mass is 9.98. The van der Waals surface area contributed by atoms with Crippen LogP contribution in [0.4, 0.5) is 5.69 Å². The van der Waals surface area contributed by atoms with E-state index in [2.05, 4.69) is 16.0 Å². The molecule has 1 aliphatic carbocycles. The van der Waals surface area contributed by atoms with Crippen LogP contribution in [0, 0.1) is 0 Å². The van der Waals surface area contributed by atoms with Crippen molar-refractivity contribution in [2.75, 3.05) is 17.2 Å². The topological polar surface area (TPSA) is 66.1 Å². The van der Waals surface area contributed by atoms with Crippen LogP contribution >= 0.6 is 11.8 Å². The number of hydrogen-bond donors (Lipinski definition) is 1. The van der Waals surface area contributed by atoms with Gasteiger partial charge in [-0.05, 0) is 43.7 Å². The second-order valence-electron chi connectivity index (χ2n) is 6.22. The number of aromatic amines is 1. The van der Waals surface area contributed by atoms with E-state index in [4.69, 9.17) is 0 Å². The summed E-state index contributed by atoms with van der Waals surface area (Å²) < 4.78 is 0. The summed E-state index contributed by atoms with van der Waals surface area (Å²) in [5, 5.41) is 0.731. The largest absolute Gasteiger partial charge is 0.346 e. The minimum absolute atomic E-state index is 0.0802. The number of fused-ring (bicyclic) bond motifs is 2. The number of benzene rings is 1. The van der Waals surface area contributed by atoms with Crippen LogP contribution in [0.2, 0.25) is 0 Å². The van der Waals surface area contributed by atoms with E-state index in [9.17, 15) is 9.59 Å². The molecular weight excluding hydrogens is 322 g/mol. The molecule has 0 atom stereocenters. The Kier molecular flexibility index (Phi) is 4.14. The zero-order valence-electron chi connectivity index (χ0n) is 13.4. The molecule has 2 aromatic rings. The Morgan fingerprint density at radius 1 is 1.21 bits per heavy atom. The van der Waals surface area contributed by atoms with Crippen molar-refractivity contribution < 1.29 is 4.79 Å². The van der Waals surface area contributed by atoms with Crippen LogP contribution in [0.5, 0.6) is 0 Å². The van der Waals surface area contributed by atoms with Crippen molar-refractivity contribution >= 4 is 23.4 Å². The highest BCUT2D eigenvalue weighted by molar-refractivity contribution is 8.00. The average molecular weight is 341 g/mol. The summed E-state index contributed by atoms with van der Waals surface area (Å²) in [4.78, 5) is 33.2. The maximum absolute atomic E-state index is 12.6. The molecule has 1 N–H and O–H groups in total. The molecule has 1 aromatic carbocycles. The third-order valence-electron chi connectivity index (χ3n) is 4.71. The number of nitrogens with one attached hydrogen (secondary N) is 1. The van der Waals surface area contributed by atoms with Gasteiger partial charge < -0.3 is 9.88 Å². The number of anilines is 1. The van der Waals surface area contributed by atoms with Crippen LogP contribution < -0.4 is 10.6 Å². The first-order valence-corrected chi connectivity index (χ1v) is 9.34. The molecule has 1 aromatic heterocycles. The molecule has 0 spiro atoms. The molecule has 2 heterocycles. The number of H-pyrrole nitrogens is 1. The lowest BCUT2D eigenvalue weighted by Crippen LogP contribution is -2.30. The Hall–Kier alpha value is -2.08. The second kappa shape index (κ2) is 6.43. The van der Waals surface area contributed by atoms with Gasteiger partial charge in [0.1, 0.15) is 5.03 Å². The van der Waals surface area contributed by atoms with Gasteiger partial charge in [0, 0.05) is 23.5 Å². The fourth-order valence-electron chi connectivity index (χ4n) is 3.52. The molecule has 6 heteroatoms. The molecule has 2 aliphatic rings. The van der Waals surface area contributed by atoms with Crippen molar-refractivity contribution in [3.8, 4) is 0 Å². The van der Waals surface area contributed by atoms with Crippen molar-refractivity contribution in [3.05, 3.63) is 51.6 Å². The molecule has 1 amide bonds. The quantitative estimate of drug-likeness (QED) is 0.687. The number of thioether (sulfide) groups is 1. The van der Waals surface area contributed by atoms with Gasteiger partial charge in [0.2, 0.25) is 5.91 Å². The fraction of sp³-hybridized carbons (Fsp3) is 0.389. The van der Waals surface area contributed by atoms with Crippen molar-refractivity contribution in [2.24, 2.45) is 0 Å². The monoisotopic (exact) mass is 341 g/mol. The van der Waals surface area contributed by atoms with Gasteiger partial charge in [-0.25, -0.2) is 4.79 Å². The molecule has 0 radical (unpaired) electrons. The molecular formula is C18H19N3O2S. The number of aromatic nitrogens is 2. The molecule has 5 nitrogen and oxygen atoms in total. The van der Waals surface area contributed by atoms with Crippen LogP contribution in [-0.4, -0.2) is 28.2 Å². The Morgan fingerprint density at radius 3 is 2.96 bits per heavy atom. The Bertz CT molecular complexity index is 846. The van der Waals surface area contributed by atoms with E-state index in [0.717, 1.165) is 60.6 Å². The van der Waals surface area contributed by atoms with Gasteiger partial charge >= 0.3 is 5.69 Å². The Labute approximate surface area is 144 Å². The summed E-state index contributed by atoms with van der Waals surface area (Å²) in [6.07, 6.45) is 4.95. The van der Waals surface area contributed by atoms with Crippen LogP contribution in [0.3, 0.4) is 0 Å². The van der Waals surface area contributed by atoms with Gasteiger partial charge in [0.25, 0.3) is 0 Å². The highest BCUT2D eigenvalue weighted by Gasteiger charge is 2.25. The number of hydrogen-bond acceptors (Lipinski definition) is 4. The number of aryl methyl sites for hydroxylation is 1. The number of amides is 1. The first kappa shape index (κ1) is 15.4. The molecule has 4 rings (SSSR count). The molecule has 124 valence electrons. The lowest BCUT2D eigenvalue weighted by Gasteiger charge is -2.19. The number of carbonyl (C=O) groups excluding carboxylic acids is 1. The van der Waals surface area contributed by atoms with E-state index in [1.165, 1.54) is 17.3 Å². The van der Waals surface area contributed by atoms with Gasteiger partial charge in [-0.2, -0.15) is 4.98 Å². The van der Waals surface area contributed by atoms with Gasteiger partial charge in [0.15, 0.2) is 0 Å². The van der Waals surface area contributed by atoms with E-state index >= 15 is 0 Å². The zero-order chi connectivity index (χ0) is 16.5. The highest BCUT2D eigenvalue weighted by Crippen LogP contribution is 2.30. The van der Waals surface area contributed by atoms with Crippen LogP contribution in [-0.2, 0) is 24.1 Å². The van der Waals surface area contributed by atoms with E-state index in [0.29, 0.717) is 5.75 Å². The van der Waals surface area contributed by atoms with Crippen LogP contribution in [0.15, 0.2) is 34.1 Å². The third-order valence-corrected chi connectivity index (χ3v) is 5.71. The predicted octanol–water partition coefficient (Wildman–Crippen LogP) is 2.33. The minimum Gasteiger partial charge on any atom is -0.311 e. The number of rotatable bonds is 3. The maximum Gasteiger partial charge on any atom is 0.346 e. The summed E-state index contributed by atoms with van der Waals surface area (Å²) in [6, 6.07) is 8.04. The summed E-state index contributed by atoms with van der Waals surface area (Å²) >= 11 is 1.40. The average Bonchev–Trinajstić information content (AvgIpc) is 3.03. The Balaban J connectivity index is 1.51. The van der Waals surface area contributed by atoms with Crippen LogP contribution in [0.1, 0.15) is 29.7 Å². The van der Waals surface area contributed by atoms with Gasteiger partial charge in [0.05, 0.1) is 5.75 Å².